The third-order valence-corrected chi connectivity index (χ3v) is 2.23. The van der Waals surface area contributed by atoms with Crippen LogP contribution in [0.15, 0.2) is 0 Å². The highest BCUT2D eigenvalue weighted by Crippen LogP contribution is 2.18. The van der Waals surface area contributed by atoms with E-state index in [0.29, 0.717) is 6.54 Å². The summed E-state index contributed by atoms with van der Waals surface area (Å²) in [5.41, 5.74) is 5.36. The molecular formula is C11H21F3N2O. The molecule has 102 valence electrons. The van der Waals surface area contributed by atoms with E-state index in [1.807, 2.05) is 0 Å². The van der Waals surface area contributed by atoms with Gasteiger partial charge in [0, 0.05) is 13.0 Å². The van der Waals surface area contributed by atoms with Crippen molar-refractivity contribution in [1.29, 1.82) is 0 Å². The summed E-state index contributed by atoms with van der Waals surface area (Å²) in [6.07, 6.45) is -4.28. The van der Waals surface area contributed by atoms with Crippen molar-refractivity contribution in [3.63, 3.8) is 0 Å². The second-order valence-corrected chi connectivity index (χ2v) is 4.83. The van der Waals surface area contributed by atoms with Crippen LogP contribution in [0.1, 0.15) is 27.2 Å². The summed E-state index contributed by atoms with van der Waals surface area (Å²) >= 11 is 0. The SMILES string of the molecule is CC(C)CN(CC(F)(F)F)C(=O)CC(C)CN. The van der Waals surface area contributed by atoms with Gasteiger partial charge in [-0.3, -0.25) is 4.79 Å². The molecule has 1 amide bonds. The van der Waals surface area contributed by atoms with Crippen LogP contribution in [0, 0.1) is 11.8 Å². The quantitative estimate of drug-likeness (QED) is 0.788. The van der Waals surface area contributed by atoms with Crippen LogP contribution in [0.2, 0.25) is 0 Å². The number of nitrogens with two attached hydrogens (primary N) is 1. The van der Waals surface area contributed by atoms with Gasteiger partial charge < -0.3 is 10.6 Å². The van der Waals surface area contributed by atoms with E-state index in [-0.39, 0.29) is 24.8 Å². The summed E-state index contributed by atoms with van der Waals surface area (Å²) in [4.78, 5) is 12.6. The molecule has 6 heteroatoms. The van der Waals surface area contributed by atoms with E-state index in [9.17, 15) is 18.0 Å². The lowest BCUT2D eigenvalue weighted by Gasteiger charge is -2.26. The van der Waals surface area contributed by atoms with Crippen molar-refractivity contribution in [2.45, 2.75) is 33.4 Å². The number of hydrogen-bond acceptors (Lipinski definition) is 2. The van der Waals surface area contributed by atoms with Crippen molar-refractivity contribution in [2.24, 2.45) is 17.6 Å². The molecule has 0 saturated heterocycles. The molecule has 0 aromatic rings. The number of carbonyl (C=O) groups is 1. The van der Waals surface area contributed by atoms with E-state index in [4.69, 9.17) is 5.73 Å². The predicted molar refractivity (Wildman–Crippen MR) is 60.3 cm³/mol. The first kappa shape index (κ1) is 16.2. The minimum atomic E-state index is -4.35. The molecule has 1 atom stereocenters. The van der Waals surface area contributed by atoms with Gasteiger partial charge in [0.1, 0.15) is 6.54 Å². The maximum absolute atomic E-state index is 12.3. The number of nitrogens with zero attached hydrogens (tertiary/aromatic N) is 1. The van der Waals surface area contributed by atoms with Gasteiger partial charge in [0.15, 0.2) is 0 Å². The Hall–Kier alpha value is -0.780. The first-order valence-electron chi connectivity index (χ1n) is 5.70. The molecule has 0 bridgehead atoms. The molecule has 0 heterocycles. The second kappa shape index (κ2) is 6.83. The Balaban J connectivity index is 4.51. The van der Waals surface area contributed by atoms with Crippen LogP contribution in [-0.4, -0.2) is 36.6 Å². The summed E-state index contributed by atoms with van der Waals surface area (Å²) < 4.78 is 37.0. The fourth-order valence-electron chi connectivity index (χ4n) is 1.42. The number of carbonyl (C=O) groups excluding carboxylic acids is 1. The van der Waals surface area contributed by atoms with Crippen LogP contribution in [-0.2, 0) is 4.79 Å². The summed E-state index contributed by atoms with van der Waals surface area (Å²) in [5, 5.41) is 0. The van der Waals surface area contributed by atoms with Gasteiger partial charge in [0.05, 0.1) is 0 Å². The average molecular weight is 254 g/mol. The Morgan fingerprint density at radius 3 is 2.18 bits per heavy atom. The summed E-state index contributed by atoms with van der Waals surface area (Å²) in [6, 6.07) is 0. The Morgan fingerprint density at radius 1 is 1.29 bits per heavy atom. The predicted octanol–water partition coefficient (Wildman–Crippen LogP) is 2.02. The van der Waals surface area contributed by atoms with Crippen LogP contribution in [0.25, 0.3) is 0 Å². The van der Waals surface area contributed by atoms with Crippen molar-refractivity contribution in [2.75, 3.05) is 19.6 Å². The molecule has 0 spiro atoms. The maximum Gasteiger partial charge on any atom is 0.406 e. The maximum atomic E-state index is 12.3. The van der Waals surface area contributed by atoms with Gasteiger partial charge >= 0.3 is 6.18 Å². The average Bonchev–Trinajstić information content (AvgIpc) is 2.13. The molecule has 0 aromatic carbocycles. The number of hydrogen-bond donors (Lipinski definition) is 1. The third kappa shape index (κ3) is 8.01. The second-order valence-electron chi connectivity index (χ2n) is 4.83. The molecule has 0 rings (SSSR count). The molecule has 17 heavy (non-hydrogen) atoms. The lowest BCUT2D eigenvalue weighted by Crippen LogP contribution is -2.42. The summed E-state index contributed by atoms with van der Waals surface area (Å²) in [6.45, 7) is 4.55. The molecule has 0 saturated carbocycles. The molecule has 1 unspecified atom stereocenters. The van der Waals surface area contributed by atoms with Crippen molar-refractivity contribution >= 4 is 5.91 Å². The van der Waals surface area contributed by atoms with Gasteiger partial charge in [0.2, 0.25) is 5.91 Å². The molecule has 3 nitrogen and oxygen atoms in total. The molecule has 0 fully saturated rings. The van der Waals surface area contributed by atoms with Crippen LogP contribution in [0.5, 0.6) is 0 Å². The lowest BCUT2D eigenvalue weighted by atomic mass is 10.1. The number of alkyl halides is 3. The third-order valence-electron chi connectivity index (χ3n) is 2.23. The van der Waals surface area contributed by atoms with Crippen LogP contribution in [0.4, 0.5) is 13.2 Å². The van der Waals surface area contributed by atoms with Gasteiger partial charge in [0.25, 0.3) is 0 Å². The van der Waals surface area contributed by atoms with Crippen LogP contribution < -0.4 is 5.73 Å². The lowest BCUT2D eigenvalue weighted by molar-refractivity contribution is -0.162. The summed E-state index contributed by atoms with van der Waals surface area (Å²) in [7, 11) is 0. The normalized spacial score (nSPS) is 13.9. The Morgan fingerprint density at radius 2 is 1.82 bits per heavy atom. The van der Waals surface area contributed by atoms with Crippen LogP contribution in [0.3, 0.4) is 0 Å². The van der Waals surface area contributed by atoms with Gasteiger partial charge in [-0.1, -0.05) is 20.8 Å². The topological polar surface area (TPSA) is 46.3 Å². The molecule has 0 aromatic heterocycles. The highest BCUT2D eigenvalue weighted by Gasteiger charge is 2.33. The van der Waals surface area contributed by atoms with Gasteiger partial charge in [-0.2, -0.15) is 13.2 Å². The molecule has 0 aliphatic heterocycles. The summed E-state index contributed by atoms with van der Waals surface area (Å²) in [5.74, 6) is -0.561. The van der Waals surface area contributed by atoms with E-state index < -0.39 is 18.6 Å². The molecule has 0 radical (unpaired) electrons. The standard InChI is InChI=1S/C11H21F3N2O/c1-8(2)6-16(7-11(12,13)14)10(17)4-9(3)5-15/h8-9H,4-7,15H2,1-3H3. The largest absolute Gasteiger partial charge is 0.406 e. The minimum absolute atomic E-state index is 0.00878. The van der Waals surface area contributed by atoms with Crippen molar-refractivity contribution < 1.29 is 18.0 Å². The van der Waals surface area contributed by atoms with Gasteiger partial charge in [-0.25, -0.2) is 0 Å². The van der Waals surface area contributed by atoms with Crippen molar-refractivity contribution in [3.8, 4) is 0 Å². The van der Waals surface area contributed by atoms with Crippen molar-refractivity contribution in [3.05, 3.63) is 0 Å². The Kier molecular flexibility index (Phi) is 6.52. The van der Waals surface area contributed by atoms with Gasteiger partial charge in [-0.05, 0) is 18.4 Å². The smallest absolute Gasteiger partial charge is 0.333 e. The first-order chi connectivity index (χ1) is 7.65. The molecule has 0 aliphatic carbocycles. The monoisotopic (exact) mass is 254 g/mol. The Labute approximate surface area is 100 Å². The van der Waals surface area contributed by atoms with Gasteiger partial charge in [-0.15, -0.1) is 0 Å². The van der Waals surface area contributed by atoms with E-state index in [1.165, 1.54) is 0 Å². The van der Waals surface area contributed by atoms with E-state index in [1.54, 1.807) is 20.8 Å². The fraction of sp³-hybridized carbons (Fsp3) is 0.909. The fourth-order valence-corrected chi connectivity index (χ4v) is 1.42. The van der Waals surface area contributed by atoms with E-state index in [0.717, 1.165) is 4.90 Å². The number of rotatable bonds is 6. The molecule has 0 aliphatic rings. The number of amides is 1. The highest BCUT2D eigenvalue weighted by molar-refractivity contribution is 5.76. The zero-order chi connectivity index (χ0) is 13.6. The first-order valence-corrected chi connectivity index (χ1v) is 5.70. The Bertz CT molecular complexity index is 241. The zero-order valence-corrected chi connectivity index (χ0v) is 10.5. The van der Waals surface area contributed by atoms with E-state index >= 15 is 0 Å². The molecule has 2 N–H and O–H groups in total. The van der Waals surface area contributed by atoms with E-state index in [2.05, 4.69) is 0 Å². The molecular weight excluding hydrogens is 233 g/mol. The zero-order valence-electron chi connectivity index (χ0n) is 10.5. The minimum Gasteiger partial charge on any atom is -0.333 e. The highest BCUT2D eigenvalue weighted by atomic mass is 19.4. The number of halogens is 3. The van der Waals surface area contributed by atoms with Crippen LogP contribution >= 0.6 is 0 Å². The van der Waals surface area contributed by atoms with Crippen molar-refractivity contribution in [1.82, 2.24) is 4.90 Å².